The van der Waals surface area contributed by atoms with Crippen molar-refractivity contribution >= 4 is 49.7 Å². The molecule has 0 saturated carbocycles. The molecule has 10 aromatic carbocycles. The Hall–Kier alpha value is -8.01. The highest BCUT2D eigenvalue weighted by atomic mass is 16.3. The Labute approximate surface area is 349 Å². The predicted molar refractivity (Wildman–Crippen MR) is 251 cm³/mol. The molecule has 11 rings (SSSR count). The second kappa shape index (κ2) is 15.1. The fraction of sp³-hybridized carbons (Fsp3) is 0. The third-order valence-electron chi connectivity index (χ3n) is 11.5. The Balaban J connectivity index is 1.08. The maximum atomic E-state index is 6.70. The SMILES string of the molecule is c1ccc(-c2ccc(-c3ccc(N(c4ccccc4)c4ccc5c(-c6ccccc6)cc6ccc7nc(-c8ccccc8)oc7c6c5c4)cc3)c(-c3ccccc3)c2)cc1. The molecule has 0 radical (unpaired) electrons. The van der Waals surface area contributed by atoms with Crippen LogP contribution in [0.3, 0.4) is 0 Å². The zero-order valence-electron chi connectivity index (χ0n) is 32.7. The van der Waals surface area contributed by atoms with Gasteiger partial charge in [-0.15, -0.1) is 0 Å². The van der Waals surface area contributed by atoms with Crippen molar-refractivity contribution < 1.29 is 4.42 Å². The average Bonchev–Trinajstić information content (AvgIpc) is 3.78. The van der Waals surface area contributed by atoms with Crippen LogP contribution in [0.1, 0.15) is 0 Å². The summed E-state index contributed by atoms with van der Waals surface area (Å²) in [6.07, 6.45) is 0. The fourth-order valence-corrected chi connectivity index (χ4v) is 8.59. The number of benzene rings is 10. The van der Waals surface area contributed by atoms with Gasteiger partial charge in [0.05, 0.1) is 0 Å². The maximum Gasteiger partial charge on any atom is 0.227 e. The van der Waals surface area contributed by atoms with Gasteiger partial charge in [-0.2, -0.15) is 0 Å². The minimum Gasteiger partial charge on any atom is -0.435 e. The lowest BCUT2D eigenvalue weighted by atomic mass is 9.91. The van der Waals surface area contributed by atoms with Gasteiger partial charge in [0.15, 0.2) is 5.58 Å². The highest BCUT2D eigenvalue weighted by Crippen LogP contribution is 2.44. The summed E-state index contributed by atoms with van der Waals surface area (Å²) in [5.74, 6) is 0.616. The molecule has 0 aliphatic rings. The molecular formula is C57H38N2O. The van der Waals surface area contributed by atoms with Gasteiger partial charge in [0.25, 0.3) is 0 Å². The molecule has 3 nitrogen and oxygen atoms in total. The molecule has 1 heterocycles. The van der Waals surface area contributed by atoms with Gasteiger partial charge in [-0.1, -0.05) is 164 Å². The van der Waals surface area contributed by atoms with Gasteiger partial charge in [0.1, 0.15) is 5.52 Å². The summed E-state index contributed by atoms with van der Waals surface area (Å²) in [6, 6.07) is 81.9. The maximum absolute atomic E-state index is 6.70. The molecule has 11 aromatic rings. The van der Waals surface area contributed by atoms with Crippen molar-refractivity contribution in [2.45, 2.75) is 0 Å². The van der Waals surface area contributed by atoms with Gasteiger partial charge in [0, 0.05) is 28.0 Å². The largest absolute Gasteiger partial charge is 0.435 e. The summed E-state index contributed by atoms with van der Waals surface area (Å²) >= 11 is 0. The first kappa shape index (κ1) is 35.2. The van der Waals surface area contributed by atoms with Crippen molar-refractivity contribution in [2.24, 2.45) is 0 Å². The molecule has 0 N–H and O–H groups in total. The zero-order chi connectivity index (χ0) is 39.8. The summed E-state index contributed by atoms with van der Waals surface area (Å²) < 4.78 is 6.70. The standard InChI is InChI=1S/C57H38N2O/c1-6-16-39(17-7-1)44-28-33-49(51(36-44)40-18-8-2-9-19-40)42-26-30-47(31-27-42)59(46-24-14-5-15-25-46)48-32-34-50-52(41-20-10-3-11-21-41)37-45-29-35-54-56(55(45)53(50)38-48)60-57(58-54)43-22-12-4-13-23-43/h1-38H. The first-order chi connectivity index (χ1) is 29.7. The first-order valence-electron chi connectivity index (χ1n) is 20.4. The summed E-state index contributed by atoms with van der Waals surface area (Å²) in [6.45, 7) is 0. The van der Waals surface area contributed by atoms with E-state index in [1.165, 1.54) is 38.9 Å². The van der Waals surface area contributed by atoms with E-state index in [1.807, 2.05) is 30.3 Å². The number of anilines is 3. The van der Waals surface area contributed by atoms with Crippen LogP contribution in [0.25, 0.3) is 88.6 Å². The third-order valence-corrected chi connectivity index (χ3v) is 11.5. The van der Waals surface area contributed by atoms with Gasteiger partial charge in [0.2, 0.25) is 5.89 Å². The quantitative estimate of drug-likeness (QED) is 0.144. The molecule has 0 atom stereocenters. The lowest BCUT2D eigenvalue weighted by Gasteiger charge is -2.26. The van der Waals surface area contributed by atoms with E-state index in [0.29, 0.717) is 5.89 Å². The van der Waals surface area contributed by atoms with E-state index in [2.05, 4.69) is 205 Å². The minimum atomic E-state index is 0.616. The van der Waals surface area contributed by atoms with E-state index in [-0.39, 0.29) is 0 Å². The van der Waals surface area contributed by atoms with Crippen molar-refractivity contribution in [1.82, 2.24) is 4.98 Å². The zero-order valence-corrected chi connectivity index (χ0v) is 32.7. The van der Waals surface area contributed by atoms with Crippen LogP contribution in [-0.2, 0) is 0 Å². The predicted octanol–water partition coefficient (Wildman–Crippen LogP) is 15.9. The smallest absolute Gasteiger partial charge is 0.227 e. The number of fused-ring (bicyclic) bond motifs is 5. The monoisotopic (exact) mass is 766 g/mol. The highest BCUT2D eigenvalue weighted by molar-refractivity contribution is 6.22. The van der Waals surface area contributed by atoms with Gasteiger partial charge in [-0.05, 0) is 127 Å². The molecule has 1 aromatic heterocycles. The van der Waals surface area contributed by atoms with Crippen molar-refractivity contribution in [3.63, 3.8) is 0 Å². The number of rotatable bonds is 8. The van der Waals surface area contributed by atoms with Gasteiger partial charge >= 0.3 is 0 Å². The topological polar surface area (TPSA) is 29.3 Å². The van der Waals surface area contributed by atoms with Crippen LogP contribution in [0, 0.1) is 0 Å². The van der Waals surface area contributed by atoms with Crippen LogP contribution in [-0.4, -0.2) is 4.98 Å². The van der Waals surface area contributed by atoms with Crippen molar-refractivity contribution in [2.75, 3.05) is 4.90 Å². The third kappa shape index (κ3) is 6.39. The summed E-state index contributed by atoms with van der Waals surface area (Å²) in [7, 11) is 0. The Morgan fingerprint density at radius 1 is 0.333 bits per heavy atom. The lowest BCUT2D eigenvalue weighted by molar-refractivity contribution is 0.623. The fourth-order valence-electron chi connectivity index (χ4n) is 8.59. The molecule has 0 aliphatic heterocycles. The Morgan fingerprint density at radius 2 is 0.867 bits per heavy atom. The number of aromatic nitrogens is 1. The lowest BCUT2D eigenvalue weighted by Crippen LogP contribution is -2.09. The van der Waals surface area contributed by atoms with E-state index in [1.54, 1.807) is 0 Å². The van der Waals surface area contributed by atoms with Crippen molar-refractivity contribution in [3.05, 3.63) is 231 Å². The van der Waals surface area contributed by atoms with E-state index in [4.69, 9.17) is 9.40 Å². The molecule has 0 fully saturated rings. The first-order valence-corrected chi connectivity index (χ1v) is 20.4. The number of nitrogens with zero attached hydrogens (tertiary/aromatic N) is 2. The summed E-state index contributed by atoms with van der Waals surface area (Å²) in [5.41, 5.74) is 15.2. The molecule has 0 unspecified atom stereocenters. The van der Waals surface area contributed by atoms with Crippen LogP contribution in [0.15, 0.2) is 235 Å². The van der Waals surface area contributed by atoms with E-state index in [9.17, 15) is 0 Å². The molecular weight excluding hydrogens is 729 g/mol. The van der Waals surface area contributed by atoms with Gasteiger partial charge in [-0.25, -0.2) is 4.98 Å². The van der Waals surface area contributed by atoms with E-state index < -0.39 is 0 Å². The molecule has 0 aliphatic carbocycles. The number of oxazole rings is 1. The second-order valence-corrected chi connectivity index (χ2v) is 15.1. The number of hydrogen-bond donors (Lipinski definition) is 0. The van der Waals surface area contributed by atoms with Crippen LogP contribution in [0.4, 0.5) is 17.1 Å². The van der Waals surface area contributed by atoms with Crippen LogP contribution >= 0.6 is 0 Å². The van der Waals surface area contributed by atoms with Crippen LogP contribution < -0.4 is 4.90 Å². The summed E-state index contributed by atoms with van der Waals surface area (Å²) in [4.78, 5) is 7.32. The van der Waals surface area contributed by atoms with Crippen molar-refractivity contribution in [1.29, 1.82) is 0 Å². The molecule has 0 spiro atoms. The van der Waals surface area contributed by atoms with Gasteiger partial charge < -0.3 is 9.32 Å². The minimum absolute atomic E-state index is 0.616. The second-order valence-electron chi connectivity index (χ2n) is 15.1. The molecule has 0 amide bonds. The molecule has 3 heteroatoms. The number of hydrogen-bond acceptors (Lipinski definition) is 3. The summed E-state index contributed by atoms with van der Waals surface area (Å²) in [5, 5.41) is 4.41. The van der Waals surface area contributed by atoms with Crippen LogP contribution in [0.5, 0.6) is 0 Å². The molecule has 60 heavy (non-hydrogen) atoms. The molecule has 0 saturated heterocycles. The van der Waals surface area contributed by atoms with Crippen LogP contribution in [0.2, 0.25) is 0 Å². The molecule has 0 bridgehead atoms. The Bertz CT molecular complexity index is 3270. The normalized spacial score (nSPS) is 11.3. The van der Waals surface area contributed by atoms with E-state index >= 15 is 0 Å². The van der Waals surface area contributed by atoms with Crippen molar-refractivity contribution in [3.8, 4) is 56.0 Å². The Kier molecular flexibility index (Phi) is 8.83. The highest BCUT2D eigenvalue weighted by Gasteiger charge is 2.20. The Morgan fingerprint density at radius 3 is 1.53 bits per heavy atom. The van der Waals surface area contributed by atoms with E-state index in [0.717, 1.165) is 60.8 Å². The van der Waals surface area contributed by atoms with Gasteiger partial charge in [-0.3, -0.25) is 0 Å². The average molecular weight is 767 g/mol. The number of para-hydroxylation sites is 1. The molecule has 282 valence electrons.